The second-order valence-electron chi connectivity index (χ2n) is 5.55. The van der Waals surface area contributed by atoms with Crippen LogP contribution in [0.25, 0.3) is 17.0 Å². The van der Waals surface area contributed by atoms with E-state index in [1.54, 1.807) is 35.0 Å². The number of nitrogens with zero attached hydrogens (tertiary/aromatic N) is 4. The number of hydrogen-bond acceptors (Lipinski definition) is 6. The average molecular weight is 332 g/mol. The van der Waals surface area contributed by atoms with E-state index in [4.69, 9.17) is 5.73 Å². The van der Waals surface area contributed by atoms with E-state index < -0.39 is 0 Å². The van der Waals surface area contributed by atoms with Crippen LogP contribution in [0.5, 0.6) is 5.75 Å². The summed E-state index contributed by atoms with van der Waals surface area (Å²) in [5, 5.41) is 17.4. The average Bonchev–Trinajstić information content (AvgIpc) is 3.04. The summed E-state index contributed by atoms with van der Waals surface area (Å²) in [6, 6.07) is 16.4. The van der Waals surface area contributed by atoms with Crippen molar-refractivity contribution in [1.82, 2.24) is 19.6 Å². The molecule has 2 aromatic heterocycles. The van der Waals surface area contributed by atoms with E-state index in [0.717, 1.165) is 16.8 Å². The molecular weight excluding hydrogens is 316 g/mol. The number of phenols is 1. The smallest absolute Gasteiger partial charge is 0.247 e. The molecule has 0 radical (unpaired) electrons. The molecule has 0 saturated carbocycles. The number of nitrogens with two attached hydrogens (primary N) is 1. The number of hydrogen-bond donors (Lipinski definition) is 3. The lowest BCUT2D eigenvalue weighted by molar-refractivity contribution is 0.475. The number of phenolic OH excluding ortho intramolecular Hbond substituents is 1. The lowest BCUT2D eigenvalue weighted by Gasteiger charge is -2.03. The third kappa shape index (κ3) is 3.00. The molecule has 2 heterocycles. The zero-order chi connectivity index (χ0) is 17.2. The van der Waals surface area contributed by atoms with Crippen LogP contribution in [0.1, 0.15) is 5.56 Å². The van der Waals surface area contributed by atoms with E-state index >= 15 is 0 Å². The SMILES string of the molecule is NCc1ccc(Nc2nc3ccnc(-c4cccc(O)c4)n3n2)cc1. The standard InChI is InChI=1S/C18H16N6O/c19-11-12-4-6-14(7-5-12)21-18-22-16-8-9-20-17(24(16)23-18)13-2-1-3-15(25)10-13/h1-10,25H,11,19H2,(H,21,23). The molecule has 0 aliphatic carbocycles. The highest BCUT2D eigenvalue weighted by atomic mass is 16.3. The summed E-state index contributed by atoms with van der Waals surface area (Å²) in [6.07, 6.45) is 1.67. The molecule has 0 atom stereocenters. The van der Waals surface area contributed by atoms with Gasteiger partial charge in [0.1, 0.15) is 5.75 Å². The van der Waals surface area contributed by atoms with Crippen molar-refractivity contribution in [2.24, 2.45) is 5.73 Å². The molecule has 4 rings (SSSR count). The molecule has 7 heteroatoms. The van der Waals surface area contributed by atoms with E-state index in [-0.39, 0.29) is 5.75 Å². The molecule has 4 N–H and O–H groups in total. The monoisotopic (exact) mass is 332 g/mol. The Labute approximate surface area is 143 Å². The fourth-order valence-electron chi connectivity index (χ4n) is 2.57. The normalized spacial score (nSPS) is 10.9. The first kappa shape index (κ1) is 15.1. The third-order valence-corrected chi connectivity index (χ3v) is 3.80. The van der Waals surface area contributed by atoms with Gasteiger partial charge >= 0.3 is 0 Å². The molecule has 7 nitrogen and oxygen atoms in total. The van der Waals surface area contributed by atoms with Gasteiger partial charge in [0, 0.05) is 30.1 Å². The summed E-state index contributed by atoms with van der Waals surface area (Å²) in [5.41, 5.74) is 8.97. The van der Waals surface area contributed by atoms with Crippen LogP contribution in [0.3, 0.4) is 0 Å². The van der Waals surface area contributed by atoms with Gasteiger partial charge in [-0.05, 0) is 29.8 Å². The second kappa shape index (κ2) is 6.21. The Kier molecular flexibility index (Phi) is 3.75. The fraction of sp³-hybridized carbons (Fsp3) is 0.0556. The van der Waals surface area contributed by atoms with Gasteiger partial charge in [0.2, 0.25) is 5.95 Å². The number of nitrogens with one attached hydrogen (secondary N) is 1. The maximum Gasteiger partial charge on any atom is 0.247 e. The first-order chi connectivity index (χ1) is 12.2. The molecule has 25 heavy (non-hydrogen) atoms. The van der Waals surface area contributed by atoms with Crippen molar-refractivity contribution in [3.63, 3.8) is 0 Å². The van der Waals surface area contributed by atoms with Crippen LogP contribution >= 0.6 is 0 Å². The van der Waals surface area contributed by atoms with E-state index in [1.165, 1.54) is 0 Å². The van der Waals surface area contributed by atoms with Gasteiger partial charge in [0.25, 0.3) is 0 Å². The molecule has 0 unspecified atom stereocenters. The molecule has 2 aromatic carbocycles. The molecule has 0 bridgehead atoms. The number of benzene rings is 2. The quantitative estimate of drug-likeness (QED) is 0.531. The van der Waals surface area contributed by atoms with Crippen molar-refractivity contribution in [1.29, 1.82) is 0 Å². The van der Waals surface area contributed by atoms with Crippen molar-refractivity contribution in [2.45, 2.75) is 6.54 Å². The highest BCUT2D eigenvalue weighted by Gasteiger charge is 2.10. The third-order valence-electron chi connectivity index (χ3n) is 3.80. The maximum atomic E-state index is 9.69. The minimum atomic E-state index is 0.176. The van der Waals surface area contributed by atoms with Crippen LogP contribution in [0.15, 0.2) is 60.8 Å². The Morgan fingerprint density at radius 2 is 1.92 bits per heavy atom. The Morgan fingerprint density at radius 1 is 1.08 bits per heavy atom. The lowest BCUT2D eigenvalue weighted by atomic mass is 10.2. The van der Waals surface area contributed by atoms with Gasteiger partial charge in [-0.25, -0.2) is 4.98 Å². The van der Waals surface area contributed by atoms with Crippen LogP contribution in [0.4, 0.5) is 11.6 Å². The Balaban J connectivity index is 1.71. The minimum absolute atomic E-state index is 0.176. The Bertz CT molecular complexity index is 1030. The van der Waals surface area contributed by atoms with Crippen LogP contribution in [-0.2, 0) is 6.54 Å². The molecule has 0 saturated heterocycles. The molecular formula is C18H16N6O. The zero-order valence-corrected chi connectivity index (χ0v) is 13.3. The molecule has 0 fully saturated rings. The van der Waals surface area contributed by atoms with E-state index in [1.807, 2.05) is 30.3 Å². The van der Waals surface area contributed by atoms with E-state index in [0.29, 0.717) is 24.0 Å². The fourth-order valence-corrected chi connectivity index (χ4v) is 2.57. The Morgan fingerprint density at radius 3 is 2.68 bits per heavy atom. The molecule has 4 aromatic rings. The van der Waals surface area contributed by atoms with Crippen LogP contribution in [0.2, 0.25) is 0 Å². The largest absolute Gasteiger partial charge is 0.508 e. The Hall–Kier alpha value is -3.45. The number of aromatic nitrogens is 4. The molecule has 124 valence electrons. The summed E-state index contributed by atoms with van der Waals surface area (Å²) >= 11 is 0. The van der Waals surface area contributed by atoms with Crippen LogP contribution in [0, 0.1) is 0 Å². The highest BCUT2D eigenvalue weighted by Crippen LogP contribution is 2.23. The van der Waals surface area contributed by atoms with Gasteiger partial charge in [-0.15, -0.1) is 5.10 Å². The van der Waals surface area contributed by atoms with Gasteiger partial charge < -0.3 is 16.2 Å². The second-order valence-corrected chi connectivity index (χ2v) is 5.55. The zero-order valence-electron chi connectivity index (χ0n) is 13.3. The maximum absolute atomic E-state index is 9.69. The lowest BCUT2D eigenvalue weighted by Crippen LogP contribution is -1.98. The predicted molar refractivity (Wildman–Crippen MR) is 95.5 cm³/mol. The topological polar surface area (TPSA) is 101 Å². The number of aromatic hydroxyl groups is 1. The predicted octanol–water partition coefficient (Wildman–Crippen LogP) is 2.70. The van der Waals surface area contributed by atoms with Gasteiger partial charge in [-0.2, -0.15) is 9.50 Å². The summed E-state index contributed by atoms with van der Waals surface area (Å²) in [7, 11) is 0. The summed E-state index contributed by atoms with van der Waals surface area (Å²) in [5.74, 6) is 1.25. The van der Waals surface area contributed by atoms with Gasteiger partial charge in [-0.1, -0.05) is 24.3 Å². The van der Waals surface area contributed by atoms with E-state index in [2.05, 4.69) is 20.4 Å². The molecule has 0 spiro atoms. The van der Waals surface area contributed by atoms with Gasteiger partial charge in [0.05, 0.1) is 0 Å². The number of fused-ring (bicyclic) bond motifs is 1. The van der Waals surface area contributed by atoms with E-state index in [9.17, 15) is 5.11 Å². The van der Waals surface area contributed by atoms with Crippen molar-refractivity contribution >= 4 is 17.3 Å². The van der Waals surface area contributed by atoms with Crippen LogP contribution in [-0.4, -0.2) is 24.7 Å². The van der Waals surface area contributed by atoms with Crippen molar-refractivity contribution < 1.29 is 5.11 Å². The molecule has 0 aliphatic rings. The number of rotatable bonds is 4. The first-order valence-corrected chi connectivity index (χ1v) is 7.80. The summed E-state index contributed by atoms with van der Waals surface area (Å²) < 4.78 is 1.64. The highest BCUT2D eigenvalue weighted by molar-refractivity contribution is 5.62. The first-order valence-electron chi connectivity index (χ1n) is 7.80. The molecule has 0 aliphatic heterocycles. The summed E-state index contributed by atoms with van der Waals surface area (Å²) in [6.45, 7) is 0.506. The van der Waals surface area contributed by atoms with Crippen molar-refractivity contribution in [3.05, 3.63) is 66.4 Å². The van der Waals surface area contributed by atoms with Crippen molar-refractivity contribution in [2.75, 3.05) is 5.32 Å². The molecule has 0 amide bonds. The van der Waals surface area contributed by atoms with Gasteiger partial charge in [0.15, 0.2) is 11.5 Å². The van der Waals surface area contributed by atoms with Crippen LogP contribution < -0.4 is 11.1 Å². The summed E-state index contributed by atoms with van der Waals surface area (Å²) in [4.78, 5) is 8.84. The van der Waals surface area contributed by atoms with Crippen molar-refractivity contribution in [3.8, 4) is 17.1 Å². The number of anilines is 2. The minimum Gasteiger partial charge on any atom is -0.508 e. The van der Waals surface area contributed by atoms with Gasteiger partial charge in [-0.3, -0.25) is 0 Å².